The molecule has 0 aromatic carbocycles. The first-order valence-corrected chi connectivity index (χ1v) is 6.03. The molecule has 0 amide bonds. The Morgan fingerprint density at radius 1 is 1.56 bits per heavy atom. The van der Waals surface area contributed by atoms with Crippen LogP contribution in [0.25, 0.3) is 0 Å². The first-order chi connectivity index (χ1) is 7.79. The Kier molecular flexibility index (Phi) is 3.56. The fourth-order valence-corrected chi connectivity index (χ4v) is 2.45. The monoisotopic (exact) mass is 237 g/mol. The Bertz CT molecular complexity index is 391. The second-order valence-corrected chi connectivity index (χ2v) is 4.66. The summed E-state index contributed by atoms with van der Waals surface area (Å²) in [5.74, 6) is 0.591. The fourth-order valence-electron chi connectivity index (χ4n) is 1.42. The number of cyclic esters (lactones) is 1. The number of nitrogens with zero attached hydrogens (tertiary/aromatic N) is 1. The van der Waals surface area contributed by atoms with Crippen LogP contribution in [0.4, 0.5) is 0 Å². The highest BCUT2D eigenvalue weighted by molar-refractivity contribution is 7.99. The molecule has 0 radical (unpaired) electrons. The molecule has 16 heavy (non-hydrogen) atoms. The highest BCUT2D eigenvalue weighted by atomic mass is 32.2. The molecule has 0 N–H and O–H groups in total. The van der Waals surface area contributed by atoms with Crippen molar-refractivity contribution in [2.45, 2.75) is 17.4 Å². The molecule has 1 aliphatic rings. The van der Waals surface area contributed by atoms with E-state index in [1.807, 2.05) is 6.07 Å². The predicted molar refractivity (Wildman–Crippen MR) is 60.3 cm³/mol. The lowest BCUT2D eigenvalue weighted by atomic mass is 10.3. The number of aromatic nitrogens is 1. The van der Waals surface area contributed by atoms with Crippen molar-refractivity contribution in [2.75, 3.05) is 6.61 Å². The number of aldehydes is 1. The normalized spacial score (nSPS) is 19.5. The van der Waals surface area contributed by atoms with Gasteiger partial charge in [0.1, 0.15) is 10.9 Å². The average molecular weight is 237 g/mol. The molecule has 1 unspecified atom stereocenters. The van der Waals surface area contributed by atoms with Crippen LogP contribution in [0.3, 0.4) is 0 Å². The van der Waals surface area contributed by atoms with E-state index in [0.717, 1.165) is 12.0 Å². The number of rotatable bonds is 4. The van der Waals surface area contributed by atoms with Gasteiger partial charge in [0.15, 0.2) is 6.29 Å². The number of hydrogen-bond acceptors (Lipinski definition) is 5. The van der Waals surface area contributed by atoms with Crippen LogP contribution in [-0.2, 0) is 15.3 Å². The van der Waals surface area contributed by atoms with Crippen LogP contribution >= 0.6 is 11.8 Å². The fraction of sp³-hybridized carbons (Fsp3) is 0.364. The number of pyridine rings is 1. The molecule has 0 aliphatic carbocycles. The van der Waals surface area contributed by atoms with Gasteiger partial charge in [-0.1, -0.05) is 6.07 Å². The van der Waals surface area contributed by atoms with Crippen LogP contribution in [0.15, 0.2) is 18.3 Å². The molecule has 2 heterocycles. The van der Waals surface area contributed by atoms with Gasteiger partial charge >= 0.3 is 5.97 Å². The zero-order chi connectivity index (χ0) is 11.4. The van der Waals surface area contributed by atoms with E-state index in [0.29, 0.717) is 24.3 Å². The summed E-state index contributed by atoms with van der Waals surface area (Å²) in [6.45, 7) is 0.527. The highest BCUT2D eigenvalue weighted by Crippen LogP contribution is 2.24. The van der Waals surface area contributed by atoms with Crippen molar-refractivity contribution in [2.24, 2.45) is 0 Å². The molecular formula is C11H11NO3S. The standard InChI is InChI=1S/C11H11NO3S/c13-6-9-2-1-8(5-12-9)7-16-10-3-4-15-11(10)14/h1-2,5-6,10H,3-4,7H2. The third kappa shape index (κ3) is 2.61. The van der Waals surface area contributed by atoms with Crippen molar-refractivity contribution in [3.8, 4) is 0 Å². The van der Waals surface area contributed by atoms with Crippen LogP contribution in [-0.4, -0.2) is 29.1 Å². The minimum absolute atomic E-state index is 0.0502. The maximum absolute atomic E-state index is 11.2. The van der Waals surface area contributed by atoms with Crippen LogP contribution < -0.4 is 0 Å². The van der Waals surface area contributed by atoms with Gasteiger partial charge in [0.05, 0.1) is 6.61 Å². The van der Waals surface area contributed by atoms with E-state index in [-0.39, 0.29) is 11.2 Å². The largest absolute Gasteiger partial charge is 0.465 e. The van der Waals surface area contributed by atoms with E-state index in [9.17, 15) is 9.59 Å². The summed E-state index contributed by atoms with van der Waals surface area (Å²) in [7, 11) is 0. The number of thioether (sulfide) groups is 1. The summed E-state index contributed by atoms with van der Waals surface area (Å²) >= 11 is 1.56. The lowest BCUT2D eigenvalue weighted by Crippen LogP contribution is -2.09. The van der Waals surface area contributed by atoms with Gasteiger partial charge in [-0.3, -0.25) is 14.6 Å². The predicted octanol–water partition coefficient (Wildman–Crippen LogP) is 1.44. The van der Waals surface area contributed by atoms with Crippen molar-refractivity contribution >= 4 is 24.0 Å². The van der Waals surface area contributed by atoms with Gasteiger partial charge in [0.25, 0.3) is 0 Å². The van der Waals surface area contributed by atoms with Gasteiger partial charge in [-0.25, -0.2) is 0 Å². The SMILES string of the molecule is O=Cc1ccc(CSC2CCOC2=O)cn1. The first-order valence-electron chi connectivity index (χ1n) is 4.98. The summed E-state index contributed by atoms with van der Waals surface area (Å²) in [4.78, 5) is 25.6. The topological polar surface area (TPSA) is 56.3 Å². The summed E-state index contributed by atoms with van der Waals surface area (Å²) in [5, 5.41) is -0.0502. The van der Waals surface area contributed by atoms with Gasteiger partial charge in [0, 0.05) is 18.4 Å². The van der Waals surface area contributed by atoms with Crippen LogP contribution in [0.2, 0.25) is 0 Å². The molecule has 2 rings (SSSR count). The van der Waals surface area contributed by atoms with E-state index in [1.165, 1.54) is 0 Å². The summed E-state index contributed by atoms with van der Waals surface area (Å²) < 4.78 is 4.87. The Labute approximate surface area is 97.4 Å². The molecule has 0 saturated carbocycles. The first kappa shape index (κ1) is 11.1. The van der Waals surface area contributed by atoms with Crippen molar-refractivity contribution in [3.05, 3.63) is 29.6 Å². The van der Waals surface area contributed by atoms with Crippen molar-refractivity contribution in [1.29, 1.82) is 0 Å². The molecule has 1 fully saturated rings. The molecule has 1 saturated heterocycles. The second-order valence-electron chi connectivity index (χ2n) is 3.46. The Morgan fingerprint density at radius 3 is 3.00 bits per heavy atom. The molecule has 1 atom stereocenters. The number of carbonyl (C=O) groups excluding carboxylic acids is 2. The molecular weight excluding hydrogens is 226 g/mol. The smallest absolute Gasteiger partial charge is 0.319 e. The highest BCUT2D eigenvalue weighted by Gasteiger charge is 2.26. The minimum atomic E-state index is -0.123. The lowest BCUT2D eigenvalue weighted by Gasteiger charge is -2.04. The van der Waals surface area contributed by atoms with E-state index >= 15 is 0 Å². The quantitative estimate of drug-likeness (QED) is 0.586. The number of hydrogen-bond donors (Lipinski definition) is 0. The van der Waals surface area contributed by atoms with Crippen LogP contribution in [0.1, 0.15) is 22.5 Å². The van der Waals surface area contributed by atoms with Gasteiger partial charge < -0.3 is 4.74 Å². The minimum Gasteiger partial charge on any atom is -0.465 e. The number of ether oxygens (including phenoxy) is 1. The second kappa shape index (κ2) is 5.12. The number of carbonyl (C=O) groups is 2. The van der Waals surface area contributed by atoms with Gasteiger partial charge in [-0.05, 0) is 11.6 Å². The van der Waals surface area contributed by atoms with E-state index in [4.69, 9.17) is 4.74 Å². The van der Waals surface area contributed by atoms with Crippen LogP contribution in [0.5, 0.6) is 0 Å². The molecule has 0 spiro atoms. The molecule has 1 aromatic rings. The lowest BCUT2D eigenvalue weighted by molar-refractivity contribution is -0.137. The maximum Gasteiger partial charge on any atom is 0.319 e. The maximum atomic E-state index is 11.2. The molecule has 0 bridgehead atoms. The van der Waals surface area contributed by atoms with E-state index in [1.54, 1.807) is 24.0 Å². The third-order valence-electron chi connectivity index (χ3n) is 2.31. The van der Waals surface area contributed by atoms with Gasteiger partial charge in [-0.2, -0.15) is 0 Å². The summed E-state index contributed by atoms with van der Waals surface area (Å²) in [6, 6.07) is 3.53. The van der Waals surface area contributed by atoms with Gasteiger partial charge in [0.2, 0.25) is 0 Å². The van der Waals surface area contributed by atoms with Crippen molar-refractivity contribution < 1.29 is 14.3 Å². The molecule has 1 aromatic heterocycles. The average Bonchev–Trinajstić information content (AvgIpc) is 2.73. The Hall–Kier alpha value is -1.36. The van der Waals surface area contributed by atoms with E-state index in [2.05, 4.69) is 4.98 Å². The third-order valence-corrected chi connectivity index (χ3v) is 3.64. The zero-order valence-corrected chi connectivity index (χ0v) is 9.40. The van der Waals surface area contributed by atoms with Gasteiger partial charge in [-0.15, -0.1) is 11.8 Å². The number of esters is 1. The van der Waals surface area contributed by atoms with Crippen LogP contribution in [0, 0.1) is 0 Å². The Balaban J connectivity index is 1.89. The summed E-state index contributed by atoms with van der Waals surface area (Å²) in [5.41, 5.74) is 1.43. The van der Waals surface area contributed by atoms with E-state index < -0.39 is 0 Å². The summed E-state index contributed by atoms with van der Waals surface area (Å²) in [6.07, 6.45) is 3.16. The zero-order valence-electron chi connectivity index (χ0n) is 8.59. The molecule has 5 heteroatoms. The molecule has 1 aliphatic heterocycles. The van der Waals surface area contributed by atoms with Crippen molar-refractivity contribution in [1.82, 2.24) is 4.98 Å². The molecule has 4 nitrogen and oxygen atoms in total. The Morgan fingerprint density at radius 2 is 2.44 bits per heavy atom. The molecule has 84 valence electrons. The van der Waals surface area contributed by atoms with Crippen molar-refractivity contribution in [3.63, 3.8) is 0 Å².